The molecule has 0 spiro atoms. The van der Waals surface area contributed by atoms with E-state index in [9.17, 15) is 17.6 Å². The molecule has 1 amide bonds. The number of sulfonamides is 1. The van der Waals surface area contributed by atoms with Crippen LogP contribution in [0.5, 0.6) is 11.6 Å². The minimum absolute atomic E-state index is 0.0282. The second-order valence-corrected chi connectivity index (χ2v) is 11.6. The first-order valence-corrected chi connectivity index (χ1v) is 14.1. The summed E-state index contributed by atoms with van der Waals surface area (Å²) in [7, 11) is -4.13. The van der Waals surface area contributed by atoms with Gasteiger partial charge in [0.05, 0.1) is 17.2 Å². The Labute approximate surface area is 224 Å². The first kappa shape index (κ1) is 29.1. The number of hydrogen-bond donors (Lipinski definition) is 1. The molecule has 38 heavy (non-hydrogen) atoms. The molecule has 0 saturated heterocycles. The Morgan fingerprint density at radius 2 is 1.79 bits per heavy atom. The molecule has 2 atom stereocenters. The van der Waals surface area contributed by atoms with Crippen LogP contribution in [0, 0.1) is 24.6 Å². The number of benzene rings is 2. The van der Waals surface area contributed by atoms with Crippen molar-refractivity contribution in [2.75, 3.05) is 6.61 Å². The maximum Gasteiger partial charge on any atom is 0.270 e. The van der Waals surface area contributed by atoms with Gasteiger partial charge in [0.25, 0.3) is 15.9 Å². The summed E-state index contributed by atoms with van der Waals surface area (Å²) in [5.74, 6) is -0.659. The lowest BCUT2D eigenvalue weighted by atomic mass is 10.0. The highest BCUT2D eigenvalue weighted by molar-refractivity contribution is 7.90. The van der Waals surface area contributed by atoms with Crippen molar-refractivity contribution < 1.29 is 27.1 Å². The first-order chi connectivity index (χ1) is 17.9. The zero-order valence-corrected chi connectivity index (χ0v) is 23.4. The third-order valence-electron chi connectivity index (χ3n) is 6.13. The highest BCUT2D eigenvalue weighted by Gasteiger charge is 2.25. The molecule has 204 valence electrons. The molecule has 0 aliphatic heterocycles. The van der Waals surface area contributed by atoms with Gasteiger partial charge in [0.2, 0.25) is 5.88 Å². The summed E-state index contributed by atoms with van der Waals surface area (Å²) in [6, 6.07) is 13.5. The zero-order valence-electron chi connectivity index (χ0n) is 22.6. The molecule has 1 N–H and O–H groups in total. The predicted molar refractivity (Wildman–Crippen MR) is 145 cm³/mol. The quantitative estimate of drug-likeness (QED) is 0.312. The van der Waals surface area contributed by atoms with Gasteiger partial charge in [-0.3, -0.25) is 4.79 Å². The van der Waals surface area contributed by atoms with Gasteiger partial charge in [-0.2, -0.15) is 0 Å². The van der Waals surface area contributed by atoms with Crippen LogP contribution in [0.4, 0.5) is 4.39 Å². The van der Waals surface area contributed by atoms with Crippen molar-refractivity contribution in [3.63, 3.8) is 0 Å². The van der Waals surface area contributed by atoms with Gasteiger partial charge in [0, 0.05) is 11.6 Å². The lowest BCUT2D eigenvalue weighted by Crippen LogP contribution is -2.32. The van der Waals surface area contributed by atoms with Crippen LogP contribution in [-0.4, -0.2) is 32.0 Å². The first-order valence-electron chi connectivity index (χ1n) is 12.6. The normalized spacial score (nSPS) is 13.2. The fourth-order valence-electron chi connectivity index (χ4n) is 3.56. The van der Waals surface area contributed by atoms with E-state index in [4.69, 9.17) is 9.47 Å². The Morgan fingerprint density at radius 1 is 1.05 bits per heavy atom. The van der Waals surface area contributed by atoms with Gasteiger partial charge < -0.3 is 9.47 Å². The van der Waals surface area contributed by atoms with Crippen molar-refractivity contribution in [3.8, 4) is 22.9 Å². The molecule has 0 radical (unpaired) electrons. The Kier molecular flexibility index (Phi) is 9.49. The largest absolute Gasteiger partial charge is 0.493 e. The molecule has 2 aromatic carbocycles. The second kappa shape index (κ2) is 12.4. The molecule has 0 fully saturated rings. The lowest BCUT2D eigenvalue weighted by Gasteiger charge is -2.21. The van der Waals surface area contributed by atoms with Crippen LogP contribution in [-0.2, 0) is 10.0 Å². The van der Waals surface area contributed by atoms with Crippen LogP contribution in [0.1, 0.15) is 57.0 Å². The summed E-state index contributed by atoms with van der Waals surface area (Å²) in [5, 5.41) is 0. The van der Waals surface area contributed by atoms with Crippen LogP contribution in [0.2, 0.25) is 0 Å². The van der Waals surface area contributed by atoms with Crippen molar-refractivity contribution >= 4 is 15.9 Å². The van der Waals surface area contributed by atoms with Crippen LogP contribution >= 0.6 is 0 Å². The van der Waals surface area contributed by atoms with Gasteiger partial charge in [0.1, 0.15) is 23.2 Å². The zero-order chi connectivity index (χ0) is 28.0. The number of pyridine rings is 1. The van der Waals surface area contributed by atoms with Gasteiger partial charge in [-0.1, -0.05) is 46.2 Å². The number of hydrogen-bond acceptors (Lipinski definition) is 6. The van der Waals surface area contributed by atoms with Gasteiger partial charge in [-0.05, 0) is 67.6 Å². The predicted octanol–water partition coefficient (Wildman–Crippen LogP) is 6.16. The van der Waals surface area contributed by atoms with Gasteiger partial charge >= 0.3 is 0 Å². The molecule has 7 nitrogen and oxygen atoms in total. The molecule has 0 saturated carbocycles. The SMILES string of the molecule is CCC(C)C(C)Oc1nc(-c2cc(F)cc(OCC(C)C)c2)ccc1C(=O)NS(=O)(=O)c1cccc(C)c1. The van der Waals surface area contributed by atoms with Crippen molar-refractivity contribution in [1.29, 1.82) is 0 Å². The summed E-state index contributed by atoms with van der Waals surface area (Å²) >= 11 is 0. The number of carbonyl (C=O) groups excluding carboxylic acids is 1. The fourth-order valence-corrected chi connectivity index (χ4v) is 4.63. The number of nitrogens with one attached hydrogen (secondary N) is 1. The van der Waals surface area contributed by atoms with E-state index >= 15 is 0 Å². The van der Waals surface area contributed by atoms with E-state index in [0.29, 0.717) is 23.6 Å². The third-order valence-corrected chi connectivity index (χ3v) is 7.45. The average Bonchev–Trinajstić information content (AvgIpc) is 2.86. The monoisotopic (exact) mass is 542 g/mol. The Balaban J connectivity index is 2.00. The number of aromatic nitrogens is 1. The molecule has 9 heteroatoms. The topological polar surface area (TPSA) is 94.6 Å². The number of rotatable bonds is 11. The minimum Gasteiger partial charge on any atom is -0.493 e. The van der Waals surface area contributed by atoms with E-state index in [1.165, 1.54) is 36.4 Å². The molecule has 3 rings (SSSR count). The smallest absolute Gasteiger partial charge is 0.270 e. The summed E-state index contributed by atoms with van der Waals surface area (Å²) < 4.78 is 54.0. The molecular formula is C29H35FN2O5S. The standard InChI is InChI=1S/C29H35FN2O5S/c1-7-20(5)21(6)37-29-26(28(33)32-38(34,35)25-10-8-9-19(4)13-25)11-12-27(31-29)22-14-23(30)16-24(15-22)36-17-18(2)3/h8-16,18,20-21H,7,17H2,1-6H3,(H,32,33). The van der Waals surface area contributed by atoms with Crippen molar-refractivity contribution in [2.45, 2.75) is 59.0 Å². The van der Waals surface area contributed by atoms with E-state index in [2.05, 4.69) is 9.71 Å². The molecule has 1 aromatic heterocycles. The molecule has 3 aromatic rings. The van der Waals surface area contributed by atoms with E-state index in [-0.39, 0.29) is 34.3 Å². The average molecular weight is 543 g/mol. The second-order valence-electron chi connectivity index (χ2n) is 9.89. The van der Waals surface area contributed by atoms with Crippen LogP contribution in [0.25, 0.3) is 11.3 Å². The van der Waals surface area contributed by atoms with E-state index in [0.717, 1.165) is 12.0 Å². The van der Waals surface area contributed by atoms with E-state index in [1.54, 1.807) is 25.1 Å². The highest BCUT2D eigenvalue weighted by Crippen LogP contribution is 2.29. The summed E-state index contributed by atoms with van der Waals surface area (Å²) in [5.41, 5.74) is 1.48. The molecule has 0 bridgehead atoms. The molecule has 1 heterocycles. The summed E-state index contributed by atoms with van der Waals surface area (Å²) in [6.07, 6.45) is 0.505. The van der Waals surface area contributed by atoms with E-state index in [1.807, 2.05) is 34.6 Å². The maximum atomic E-state index is 14.4. The number of nitrogens with zero attached hydrogens (tertiary/aromatic N) is 1. The van der Waals surface area contributed by atoms with Gasteiger partial charge in [-0.15, -0.1) is 0 Å². The van der Waals surface area contributed by atoms with Gasteiger partial charge in [-0.25, -0.2) is 22.5 Å². The Bertz CT molecular complexity index is 1390. The van der Waals surface area contributed by atoms with Gasteiger partial charge in [0.15, 0.2) is 0 Å². The van der Waals surface area contributed by atoms with Crippen LogP contribution in [0.3, 0.4) is 0 Å². The lowest BCUT2D eigenvalue weighted by molar-refractivity contribution is 0.0966. The number of amides is 1. The molecular weight excluding hydrogens is 507 g/mol. The van der Waals surface area contributed by atoms with Crippen LogP contribution < -0.4 is 14.2 Å². The number of aryl methyl sites for hydroxylation is 1. The van der Waals surface area contributed by atoms with Crippen molar-refractivity contribution in [2.24, 2.45) is 11.8 Å². The van der Waals surface area contributed by atoms with E-state index < -0.39 is 21.7 Å². The third kappa shape index (κ3) is 7.54. The Morgan fingerprint density at radius 3 is 2.45 bits per heavy atom. The van der Waals surface area contributed by atoms with Crippen molar-refractivity contribution in [1.82, 2.24) is 9.71 Å². The maximum absolute atomic E-state index is 14.4. The van der Waals surface area contributed by atoms with Crippen LogP contribution in [0.15, 0.2) is 59.5 Å². The summed E-state index contributed by atoms with van der Waals surface area (Å²) in [4.78, 5) is 17.7. The molecule has 0 aliphatic carbocycles. The Hall–Kier alpha value is -3.46. The number of halogens is 1. The summed E-state index contributed by atoms with van der Waals surface area (Å²) in [6.45, 7) is 12.0. The van der Waals surface area contributed by atoms with Crippen molar-refractivity contribution in [3.05, 3.63) is 71.5 Å². The molecule has 0 aliphatic rings. The molecule has 2 unspecified atom stereocenters. The highest BCUT2D eigenvalue weighted by atomic mass is 32.2. The number of carbonyl (C=O) groups is 1. The fraction of sp³-hybridized carbons (Fsp3) is 0.379. The minimum atomic E-state index is -4.13. The number of ether oxygens (including phenoxy) is 2.